The summed E-state index contributed by atoms with van der Waals surface area (Å²) in [6, 6.07) is 1.36. The number of hydrogen-bond acceptors (Lipinski definition) is 8. The van der Waals surface area contributed by atoms with E-state index in [-0.39, 0.29) is 34.5 Å². The summed E-state index contributed by atoms with van der Waals surface area (Å²) in [6.07, 6.45) is 1.56. The summed E-state index contributed by atoms with van der Waals surface area (Å²) in [7, 11) is 5.87. The molecular formula is C16H17N5O5. The highest BCUT2D eigenvalue weighted by molar-refractivity contribution is 5.96. The fourth-order valence-electron chi connectivity index (χ4n) is 2.70. The van der Waals surface area contributed by atoms with Crippen LogP contribution in [-0.2, 0) is 7.05 Å². The number of fused-ring (bicyclic) bond motifs is 1. The van der Waals surface area contributed by atoms with Crippen LogP contribution >= 0.6 is 0 Å². The molecule has 0 aliphatic carbocycles. The molecule has 2 heterocycles. The molecule has 0 saturated heterocycles. The molecule has 26 heavy (non-hydrogen) atoms. The van der Waals surface area contributed by atoms with Crippen LogP contribution in [0.25, 0.3) is 22.4 Å². The number of ether oxygens (including phenoxy) is 3. The average molecular weight is 359 g/mol. The predicted molar refractivity (Wildman–Crippen MR) is 92.8 cm³/mol. The number of carbonyl (C=O) groups is 1. The minimum atomic E-state index is -1.20. The third-order valence-corrected chi connectivity index (χ3v) is 3.90. The summed E-state index contributed by atoms with van der Waals surface area (Å²) >= 11 is 0. The lowest BCUT2D eigenvalue weighted by Gasteiger charge is -2.17. The molecule has 0 atom stereocenters. The number of carboxylic acid groups (broad SMARTS) is 1. The Labute approximate surface area is 148 Å². The Morgan fingerprint density at radius 3 is 2.35 bits per heavy atom. The maximum atomic E-state index is 11.7. The lowest BCUT2D eigenvalue weighted by Crippen LogP contribution is -2.07. The van der Waals surface area contributed by atoms with Gasteiger partial charge in [0.15, 0.2) is 23.0 Å². The first-order valence-corrected chi connectivity index (χ1v) is 7.44. The topological polar surface area (TPSA) is 135 Å². The van der Waals surface area contributed by atoms with E-state index in [1.807, 2.05) is 0 Å². The van der Waals surface area contributed by atoms with Crippen molar-refractivity contribution in [3.8, 4) is 28.6 Å². The zero-order valence-corrected chi connectivity index (χ0v) is 14.6. The van der Waals surface area contributed by atoms with Crippen LogP contribution in [0, 0.1) is 0 Å². The van der Waals surface area contributed by atoms with E-state index in [0.29, 0.717) is 16.6 Å². The van der Waals surface area contributed by atoms with Gasteiger partial charge in [0.05, 0.1) is 38.5 Å². The summed E-state index contributed by atoms with van der Waals surface area (Å²) in [5.41, 5.74) is 6.69. The molecule has 0 aliphatic heterocycles. The molecule has 0 bridgehead atoms. The van der Waals surface area contributed by atoms with Gasteiger partial charge in [-0.05, 0) is 6.07 Å². The van der Waals surface area contributed by atoms with Gasteiger partial charge in [0, 0.05) is 7.05 Å². The third kappa shape index (κ3) is 2.51. The number of anilines is 1. The van der Waals surface area contributed by atoms with Crippen molar-refractivity contribution in [3.63, 3.8) is 0 Å². The van der Waals surface area contributed by atoms with Crippen molar-refractivity contribution >= 4 is 22.8 Å². The molecule has 136 valence electrons. The molecule has 0 unspecified atom stereocenters. The molecule has 3 aromatic rings. The van der Waals surface area contributed by atoms with Gasteiger partial charge in [-0.1, -0.05) is 0 Å². The van der Waals surface area contributed by atoms with Crippen LogP contribution < -0.4 is 19.9 Å². The Balaban J connectivity index is 2.39. The fourth-order valence-corrected chi connectivity index (χ4v) is 2.70. The molecular weight excluding hydrogens is 342 g/mol. The number of aromatic nitrogens is 4. The second-order valence-electron chi connectivity index (χ2n) is 5.31. The van der Waals surface area contributed by atoms with Gasteiger partial charge in [0.1, 0.15) is 11.4 Å². The number of benzene rings is 1. The lowest BCUT2D eigenvalue weighted by molar-refractivity contribution is 0.0692. The molecule has 10 heteroatoms. The maximum Gasteiger partial charge on any atom is 0.339 e. The first-order chi connectivity index (χ1) is 12.4. The van der Waals surface area contributed by atoms with Gasteiger partial charge >= 0.3 is 5.97 Å². The molecule has 0 fully saturated rings. The number of carboxylic acids is 1. The largest absolute Gasteiger partial charge is 0.492 e. The molecule has 2 aromatic heterocycles. The first kappa shape index (κ1) is 17.3. The zero-order valence-electron chi connectivity index (χ0n) is 14.6. The van der Waals surface area contributed by atoms with Crippen molar-refractivity contribution in [2.24, 2.45) is 7.05 Å². The van der Waals surface area contributed by atoms with Crippen LogP contribution in [0.2, 0.25) is 0 Å². The van der Waals surface area contributed by atoms with Crippen LogP contribution in [0.5, 0.6) is 17.2 Å². The lowest BCUT2D eigenvalue weighted by atomic mass is 10.1. The Morgan fingerprint density at radius 1 is 1.12 bits per heavy atom. The summed E-state index contributed by atoms with van der Waals surface area (Å²) in [4.78, 5) is 20.4. The maximum absolute atomic E-state index is 11.7. The van der Waals surface area contributed by atoms with Gasteiger partial charge in [-0.15, -0.1) is 0 Å². The number of rotatable bonds is 5. The number of hydrogen-bond donors (Lipinski definition) is 2. The first-order valence-electron chi connectivity index (χ1n) is 7.44. The van der Waals surface area contributed by atoms with E-state index < -0.39 is 5.97 Å². The number of nitrogens with two attached hydrogens (primary N) is 1. The summed E-state index contributed by atoms with van der Waals surface area (Å²) in [5, 5.41) is 14.2. The van der Waals surface area contributed by atoms with Crippen LogP contribution in [0.15, 0.2) is 12.3 Å². The van der Waals surface area contributed by atoms with E-state index in [4.69, 9.17) is 19.9 Å². The normalized spacial score (nSPS) is 10.8. The SMILES string of the molecule is COc1c(C(=O)O)cc(-c2nc(N)c3cnn(C)c3n2)c(OC)c1OC. The summed E-state index contributed by atoms with van der Waals surface area (Å²) < 4.78 is 17.5. The number of nitrogens with zero attached hydrogens (tertiary/aromatic N) is 4. The molecule has 3 N–H and O–H groups in total. The highest BCUT2D eigenvalue weighted by Crippen LogP contribution is 2.46. The van der Waals surface area contributed by atoms with Crippen LogP contribution in [-0.4, -0.2) is 52.2 Å². The molecule has 3 rings (SSSR count). The summed E-state index contributed by atoms with van der Waals surface area (Å²) in [6.45, 7) is 0. The number of nitrogen functional groups attached to an aromatic ring is 1. The summed E-state index contributed by atoms with van der Waals surface area (Å²) in [5.74, 6) is -0.410. The monoisotopic (exact) mass is 359 g/mol. The van der Waals surface area contributed by atoms with Crippen molar-refractivity contribution in [1.29, 1.82) is 0 Å². The standard InChI is InChI=1S/C16H17N5O5/c1-21-15-9(6-18-21)13(17)19-14(20-15)7-5-8(16(22)23)11(25-3)12(26-4)10(7)24-2/h5-6H,1-4H3,(H,22,23)(H2,17,19,20). The van der Waals surface area contributed by atoms with Crippen LogP contribution in [0.1, 0.15) is 10.4 Å². The van der Waals surface area contributed by atoms with Crippen molar-refractivity contribution < 1.29 is 24.1 Å². The van der Waals surface area contributed by atoms with Crippen molar-refractivity contribution in [2.75, 3.05) is 27.1 Å². The van der Waals surface area contributed by atoms with Crippen LogP contribution in [0.4, 0.5) is 5.82 Å². The van der Waals surface area contributed by atoms with Crippen molar-refractivity contribution in [2.45, 2.75) is 0 Å². The molecule has 10 nitrogen and oxygen atoms in total. The molecule has 1 aromatic carbocycles. The van der Waals surface area contributed by atoms with Gasteiger partial charge < -0.3 is 25.1 Å². The zero-order chi connectivity index (χ0) is 19.0. The van der Waals surface area contributed by atoms with E-state index in [2.05, 4.69) is 15.1 Å². The number of methoxy groups -OCH3 is 3. The smallest absolute Gasteiger partial charge is 0.339 e. The predicted octanol–water partition coefficient (Wildman–Crippen LogP) is 1.34. The Hall–Kier alpha value is -3.56. The second-order valence-corrected chi connectivity index (χ2v) is 5.31. The second kappa shape index (κ2) is 6.39. The van der Waals surface area contributed by atoms with Gasteiger partial charge in [0.25, 0.3) is 0 Å². The molecule has 0 spiro atoms. The van der Waals surface area contributed by atoms with E-state index in [1.165, 1.54) is 27.4 Å². The van der Waals surface area contributed by atoms with E-state index >= 15 is 0 Å². The van der Waals surface area contributed by atoms with E-state index in [1.54, 1.807) is 17.9 Å². The van der Waals surface area contributed by atoms with Gasteiger partial charge in [0.2, 0.25) is 5.75 Å². The molecule has 0 saturated carbocycles. The Morgan fingerprint density at radius 2 is 1.77 bits per heavy atom. The average Bonchev–Trinajstić information content (AvgIpc) is 3.01. The van der Waals surface area contributed by atoms with E-state index in [9.17, 15) is 9.90 Å². The van der Waals surface area contributed by atoms with Crippen molar-refractivity contribution in [3.05, 3.63) is 17.8 Å². The minimum absolute atomic E-state index is 0.0372. The van der Waals surface area contributed by atoms with Crippen molar-refractivity contribution in [1.82, 2.24) is 19.7 Å². The fraction of sp³-hybridized carbons (Fsp3) is 0.250. The minimum Gasteiger partial charge on any atom is -0.492 e. The highest BCUT2D eigenvalue weighted by atomic mass is 16.5. The Bertz CT molecular complexity index is 1010. The molecule has 0 amide bonds. The van der Waals surface area contributed by atoms with Gasteiger partial charge in [-0.3, -0.25) is 4.68 Å². The van der Waals surface area contributed by atoms with Gasteiger partial charge in [-0.2, -0.15) is 5.10 Å². The van der Waals surface area contributed by atoms with Crippen LogP contribution in [0.3, 0.4) is 0 Å². The number of aromatic carboxylic acids is 1. The third-order valence-electron chi connectivity index (χ3n) is 3.90. The molecule has 0 radical (unpaired) electrons. The van der Waals surface area contributed by atoms with Gasteiger partial charge in [-0.25, -0.2) is 14.8 Å². The quantitative estimate of drug-likeness (QED) is 0.691. The highest BCUT2D eigenvalue weighted by Gasteiger charge is 2.26. The van der Waals surface area contributed by atoms with E-state index in [0.717, 1.165) is 0 Å². The molecule has 0 aliphatic rings. The number of aryl methyl sites for hydroxylation is 1. The Kier molecular flexibility index (Phi) is 4.24.